The standard InChI is InChI=1S/C83H136O16P2/c1-4-7-10-13-16-19-22-25-27-29-31-32-33-34-35-36-37-38-39-40-41-42-43-44-46-48-49-52-54-57-60-63-66-69-81(86)93-72-78(84)73-95-100(89,90)96-74-79(85)75-97-101(91,92)98-77-80(99-83(88)71-68-65-62-59-56-51-24-21-18-15-12-9-6-3)76-94-82(87)70-67-64-61-58-55-53-50-47-45-30-28-26-23-20-17-14-11-8-5-2/h7-8,10-12,15-17,19-21,24-28,31-32,34-35,37-38,45,47,53,55,61,64,78-80,84-85H,4-6,9,13-14,18,22-23,29-30,33,36,39-44,46,48-52,54,56-60,62-63,65-77H2,1-3H3,(H,89,90)(H,91,92)/b10-7-,11-8-,15-12-,19-16-,20-17-,24-21-,27-25-,28-26-,32-31-,35-34-,38-37-,47-45-,55-53-,64-61-. The number of phosphoric acid groups is 2. The maximum atomic E-state index is 12.9. The van der Waals surface area contributed by atoms with Gasteiger partial charge >= 0.3 is 33.6 Å². The summed E-state index contributed by atoms with van der Waals surface area (Å²) in [7, 11) is -9.82. The highest BCUT2D eigenvalue weighted by Crippen LogP contribution is 2.45. The average Bonchev–Trinajstić information content (AvgIpc) is 0.933. The second kappa shape index (κ2) is 74.6. The molecule has 5 unspecified atom stereocenters. The van der Waals surface area contributed by atoms with Crippen molar-refractivity contribution in [3.63, 3.8) is 0 Å². The first-order valence-corrected chi connectivity index (χ1v) is 41.4. The fourth-order valence-corrected chi connectivity index (χ4v) is 11.2. The summed E-state index contributed by atoms with van der Waals surface area (Å²) in [6.45, 7) is 2.25. The first-order chi connectivity index (χ1) is 49.2. The van der Waals surface area contributed by atoms with Crippen molar-refractivity contribution >= 4 is 33.6 Å². The molecule has 16 nitrogen and oxygen atoms in total. The predicted molar refractivity (Wildman–Crippen MR) is 417 cm³/mol. The van der Waals surface area contributed by atoms with Crippen LogP contribution in [0, 0.1) is 0 Å². The number of carbonyl (C=O) groups excluding carboxylic acids is 3. The molecule has 4 N–H and O–H groups in total. The molecule has 0 aliphatic heterocycles. The summed E-state index contributed by atoms with van der Waals surface area (Å²) < 4.78 is 60.9. The van der Waals surface area contributed by atoms with Crippen molar-refractivity contribution in [2.24, 2.45) is 0 Å². The van der Waals surface area contributed by atoms with Gasteiger partial charge in [0.15, 0.2) is 6.10 Å². The van der Waals surface area contributed by atoms with Crippen molar-refractivity contribution in [2.75, 3.05) is 39.6 Å². The van der Waals surface area contributed by atoms with Crippen LogP contribution in [0.4, 0.5) is 0 Å². The Morgan fingerprint density at radius 3 is 0.891 bits per heavy atom. The zero-order valence-corrected chi connectivity index (χ0v) is 64.3. The second-order valence-corrected chi connectivity index (χ2v) is 27.9. The van der Waals surface area contributed by atoms with Gasteiger partial charge in [0.25, 0.3) is 0 Å². The molecule has 0 fully saturated rings. The van der Waals surface area contributed by atoms with Crippen molar-refractivity contribution in [3.8, 4) is 0 Å². The Labute approximate surface area is 612 Å². The average molecular weight is 1450 g/mol. The smallest absolute Gasteiger partial charge is 0.463 e. The highest BCUT2D eigenvalue weighted by molar-refractivity contribution is 7.47. The Balaban J connectivity index is 4.48. The van der Waals surface area contributed by atoms with Gasteiger partial charge in [0.05, 0.1) is 26.4 Å². The van der Waals surface area contributed by atoms with Gasteiger partial charge in [-0.05, 0) is 135 Å². The van der Waals surface area contributed by atoms with Crippen LogP contribution in [0.25, 0.3) is 0 Å². The molecule has 0 bridgehead atoms. The van der Waals surface area contributed by atoms with Gasteiger partial charge in [-0.25, -0.2) is 9.13 Å². The number of hydrogen-bond acceptors (Lipinski definition) is 14. The third-order valence-electron chi connectivity index (χ3n) is 15.4. The summed E-state index contributed by atoms with van der Waals surface area (Å²) in [4.78, 5) is 58.5. The van der Waals surface area contributed by atoms with Gasteiger partial charge in [0, 0.05) is 19.3 Å². The van der Waals surface area contributed by atoms with Gasteiger partial charge in [-0.15, -0.1) is 0 Å². The molecule has 0 radical (unpaired) electrons. The zero-order valence-electron chi connectivity index (χ0n) is 62.5. The third-order valence-corrected chi connectivity index (χ3v) is 17.3. The van der Waals surface area contributed by atoms with Crippen LogP contribution in [-0.2, 0) is 55.8 Å². The molecule has 0 aromatic heterocycles. The molecule has 0 heterocycles. The molecular weight excluding hydrogens is 1310 g/mol. The third kappa shape index (κ3) is 75.9. The SMILES string of the molecule is CC/C=C\C/C=C\C/C=C\C/C=C\C/C=C\C/C=C\CCCCCCCCCCCCCCCCC(=O)OCC(O)COP(=O)(O)OCC(O)COP(=O)(O)OCC(COC(=O)CC/C=C\C/C=C\C/C=C\C/C=C\C/C=C\C/C=C\CC)OC(=O)CCCCCCC/C=C\C/C=C\CCC. The molecule has 0 aromatic carbocycles. The summed E-state index contributed by atoms with van der Waals surface area (Å²) in [5.74, 6) is -1.70. The number of unbranched alkanes of at least 4 members (excludes halogenated alkanes) is 20. The molecule has 0 aliphatic rings. The Kier molecular flexibility index (Phi) is 70.9. The fourth-order valence-electron chi connectivity index (χ4n) is 9.64. The quantitative estimate of drug-likeness (QED) is 0.0146. The number of aliphatic hydroxyl groups excluding tert-OH is 2. The van der Waals surface area contributed by atoms with E-state index in [9.17, 15) is 43.5 Å². The van der Waals surface area contributed by atoms with Gasteiger partial charge in [0.1, 0.15) is 25.4 Å². The number of carbonyl (C=O) groups is 3. The summed E-state index contributed by atoms with van der Waals surface area (Å²) >= 11 is 0. The molecule has 18 heteroatoms. The van der Waals surface area contributed by atoms with Crippen molar-refractivity contribution < 1.29 is 75.8 Å². The van der Waals surface area contributed by atoms with E-state index in [1.165, 1.54) is 64.2 Å². The van der Waals surface area contributed by atoms with E-state index in [1.807, 2.05) is 18.2 Å². The largest absolute Gasteiger partial charge is 0.472 e. The fraction of sp³-hybridized carbons (Fsp3) is 0.627. The monoisotopic (exact) mass is 1450 g/mol. The van der Waals surface area contributed by atoms with Crippen LogP contribution in [-0.4, -0.2) is 95.9 Å². The lowest BCUT2D eigenvalue weighted by Gasteiger charge is -2.21. The predicted octanol–water partition coefficient (Wildman–Crippen LogP) is 22.4. The summed E-state index contributed by atoms with van der Waals surface area (Å²) in [5.41, 5.74) is 0. The van der Waals surface area contributed by atoms with Crippen molar-refractivity contribution in [1.82, 2.24) is 0 Å². The Morgan fingerprint density at radius 1 is 0.287 bits per heavy atom. The molecule has 0 spiro atoms. The number of phosphoric ester groups is 2. The van der Waals surface area contributed by atoms with Crippen LogP contribution in [0.3, 0.4) is 0 Å². The summed E-state index contributed by atoms with van der Waals surface area (Å²) in [6.07, 6.45) is 94.4. The lowest BCUT2D eigenvalue weighted by molar-refractivity contribution is -0.161. The van der Waals surface area contributed by atoms with E-state index in [1.54, 1.807) is 0 Å². The maximum absolute atomic E-state index is 12.9. The van der Waals surface area contributed by atoms with E-state index in [-0.39, 0.29) is 19.3 Å². The van der Waals surface area contributed by atoms with Crippen molar-refractivity contribution in [3.05, 3.63) is 170 Å². The highest BCUT2D eigenvalue weighted by atomic mass is 31.2. The Hall–Kier alpha value is -5.09. The summed E-state index contributed by atoms with van der Waals surface area (Å²) in [6, 6.07) is 0. The topological polar surface area (TPSA) is 231 Å². The van der Waals surface area contributed by atoms with E-state index >= 15 is 0 Å². The van der Waals surface area contributed by atoms with Crippen LogP contribution in [0.5, 0.6) is 0 Å². The van der Waals surface area contributed by atoms with E-state index in [0.717, 1.165) is 148 Å². The molecule has 101 heavy (non-hydrogen) atoms. The molecular formula is C83H136O16P2. The Morgan fingerprint density at radius 2 is 0.545 bits per heavy atom. The van der Waals surface area contributed by atoms with E-state index in [4.69, 9.17) is 32.3 Å². The minimum absolute atomic E-state index is 0.0373. The van der Waals surface area contributed by atoms with Crippen molar-refractivity contribution in [2.45, 2.75) is 296 Å². The molecule has 0 rings (SSSR count). The summed E-state index contributed by atoms with van der Waals surface area (Å²) in [5, 5.41) is 20.6. The molecule has 0 saturated heterocycles. The van der Waals surface area contributed by atoms with Crippen LogP contribution in [0.2, 0.25) is 0 Å². The molecule has 0 aromatic rings. The maximum Gasteiger partial charge on any atom is 0.472 e. The van der Waals surface area contributed by atoms with Crippen LogP contribution in [0.1, 0.15) is 278 Å². The van der Waals surface area contributed by atoms with Crippen molar-refractivity contribution in [1.29, 1.82) is 0 Å². The number of aliphatic hydroxyl groups is 2. The first-order valence-electron chi connectivity index (χ1n) is 38.4. The van der Waals surface area contributed by atoms with Gasteiger partial charge in [-0.2, -0.15) is 0 Å². The minimum Gasteiger partial charge on any atom is -0.463 e. The number of ether oxygens (including phenoxy) is 3. The van der Waals surface area contributed by atoms with E-state index in [2.05, 4.69) is 173 Å². The van der Waals surface area contributed by atoms with Gasteiger partial charge in [-0.3, -0.25) is 32.5 Å². The highest BCUT2D eigenvalue weighted by Gasteiger charge is 2.29. The first kappa shape index (κ1) is 95.9. The van der Waals surface area contributed by atoms with Crippen LogP contribution in [0.15, 0.2) is 170 Å². The van der Waals surface area contributed by atoms with Gasteiger partial charge in [0.2, 0.25) is 0 Å². The minimum atomic E-state index is -4.95. The van der Waals surface area contributed by atoms with Crippen LogP contribution >= 0.6 is 15.6 Å². The number of hydrogen-bond donors (Lipinski definition) is 4. The number of rotatable bonds is 71. The molecule has 574 valence electrons. The zero-order chi connectivity index (χ0) is 73.7. The lowest BCUT2D eigenvalue weighted by Crippen LogP contribution is -2.30. The number of allylic oxidation sites excluding steroid dienone is 28. The lowest BCUT2D eigenvalue weighted by atomic mass is 10.0. The van der Waals surface area contributed by atoms with Gasteiger partial charge < -0.3 is 34.2 Å². The Bertz CT molecular complexity index is 2520. The van der Waals surface area contributed by atoms with E-state index in [0.29, 0.717) is 25.7 Å². The molecule has 5 atom stereocenters. The van der Waals surface area contributed by atoms with E-state index < -0.39 is 91.5 Å². The normalized spacial score (nSPS) is 15.0. The molecule has 0 amide bonds. The second-order valence-electron chi connectivity index (χ2n) is 25.0. The molecule has 0 aliphatic carbocycles. The van der Waals surface area contributed by atoms with Crippen LogP contribution < -0.4 is 0 Å². The van der Waals surface area contributed by atoms with Gasteiger partial charge in [-0.1, -0.05) is 294 Å². The molecule has 0 saturated carbocycles. The number of esters is 3.